The molecule has 0 atom stereocenters. The fraction of sp³-hybridized carbons (Fsp3) is 0. The SMILES string of the molecule is Oc1c(I)ccc(S)c1I. The Balaban J connectivity index is 3.34. The summed E-state index contributed by atoms with van der Waals surface area (Å²) in [6, 6.07) is 3.70. The first kappa shape index (κ1) is 8.92. The number of phenols is 1. The molecule has 0 aliphatic carbocycles. The van der Waals surface area contributed by atoms with Crippen LogP contribution in [-0.2, 0) is 0 Å². The quantitative estimate of drug-likeness (QED) is 0.526. The molecule has 0 bridgehead atoms. The zero-order chi connectivity index (χ0) is 7.72. The Bertz CT molecular complexity index is 235. The summed E-state index contributed by atoms with van der Waals surface area (Å²) >= 11 is 8.29. The van der Waals surface area contributed by atoms with Crippen molar-refractivity contribution in [2.75, 3.05) is 0 Å². The number of rotatable bonds is 0. The molecule has 10 heavy (non-hydrogen) atoms. The van der Waals surface area contributed by atoms with Crippen molar-refractivity contribution < 1.29 is 5.11 Å². The second kappa shape index (κ2) is 3.48. The van der Waals surface area contributed by atoms with E-state index in [1.165, 1.54) is 0 Å². The first-order chi connectivity index (χ1) is 4.63. The van der Waals surface area contributed by atoms with Crippen molar-refractivity contribution in [3.63, 3.8) is 0 Å². The van der Waals surface area contributed by atoms with Gasteiger partial charge in [-0.2, -0.15) is 0 Å². The van der Waals surface area contributed by atoms with Gasteiger partial charge < -0.3 is 5.11 Å². The predicted molar refractivity (Wildman–Crippen MR) is 60.8 cm³/mol. The van der Waals surface area contributed by atoms with Crippen molar-refractivity contribution in [2.45, 2.75) is 4.90 Å². The molecular weight excluding hydrogens is 374 g/mol. The molecule has 0 aliphatic heterocycles. The van der Waals surface area contributed by atoms with Crippen LogP contribution in [0.15, 0.2) is 17.0 Å². The summed E-state index contributed by atoms with van der Waals surface area (Å²) < 4.78 is 1.67. The van der Waals surface area contributed by atoms with E-state index in [1.807, 2.05) is 12.1 Å². The third-order valence-corrected chi connectivity index (χ3v) is 3.81. The van der Waals surface area contributed by atoms with E-state index in [-0.39, 0.29) is 0 Å². The van der Waals surface area contributed by atoms with Gasteiger partial charge in [0.1, 0.15) is 5.75 Å². The second-order valence-electron chi connectivity index (χ2n) is 1.73. The molecule has 0 saturated heterocycles. The topological polar surface area (TPSA) is 20.2 Å². The van der Waals surface area contributed by atoms with Gasteiger partial charge in [0, 0.05) is 4.90 Å². The van der Waals surface area contributed by atoms with Crippen LogP contribution in [-0.4, -0.2) is 5.11 Å². The van der Waals surface area contributed by atoms with E-state index in [2.05, 4.69) is 57.8 Å². The molecule has 0 radical (unpaired) electrons. The second-order valence-corrected chi connectivity index (χ2v) is 4.45. The molecule has 0 amide bonds. The van der Waals surface area contributed by atoms with Crippen LogP contribution in [0.3, 0.4) is 0 Å². The summed E-state index contributed by atoms with van der Waals surface area (Å²) in [6.07, 6.45) is 0. The molecule has 0 unspecified atom stereocenters. The summed E-state index contributed by atoms with van der Waals surface area (Å²) in [4.78, 5) is 0.818. The van der Waals surface area contributed by atoms with E-state index in [0.717, 1.165) is 12.0 Å². The Kier molecular flexibility index (Phi) is 3.11. The van der Waals surface area contributed by atoms with Gasteiger partial charge >= 0.3 is 0 Å². The maximum absolute atomic E-state index is 9.32. The number of hydrogen-bond donors (Lipinski definition) is 2. The fourth-order valence-electron chi connectivity index (χ4n) is 0.530. The Hall–Kier alpha value is 0.830. The molecule has 0 spiro atoms. The van der Waals surface area contributed by atoms with Gasteiger partial charge in [0.15, 0.2) is 0 Å². The molecular formula is C6H4I2OS. The van der Waals surface area contributed by atoms with Gasteiger partial charge in [-0.3, -0.25) is 0 Å². The van der Waals surface area contributed by atoms with Crippen molar-refractivity contribution in [1.82, 2.24) is 0 Å². The van der Waals surface area contributed by atoms with E-state index in [0.29, 0.717) is 5.75 Å². The third-order valence-electron chi connectivity index (χ3n) is 1.05. The van der Waals surface area contributed by atoms with Gasteiger partial charge in [-0.15, -0.1) is 12.6 Å². The molecule has 1 aromatic rings. The lowest BCUT2D eigenvalue weighted by atomic mass is 10.3. The first-order valence-corrected chi connectivity index (χ1v) is 5.09. The Morgan fingerprint density at radius 3 is 2.40 bits per heavy atom. The lowest BCUT2D eigenvalue weighted by Gasteiger charge is -2.01. The summed E-state index contributed by atoms with van der Waals surface area (Å²) in [6.45, 7) is 0. The van der Waals surface area contributed by atoms with Crippen LogP contribution >= 0.6 is 57.8 Å². The van der Waals surface area contributed by atoms with Gasteiger partial charge in [-0.05, 0) is 57.3 Å². The maximum Gasteiger partial charge on any atom is 0.143 e. The van der Waals surface area contributed by atoms with Gasteiger partial charge in [-0.25, -0.2) is 0 Å². The number of thiol groups is 1. The van der Waals surface area contributed by atoms with Gasteiger partial charge in [0.2, 0.25) is 0 Å². The van der Waals surface area contributed by atoms with E-state index < -0.39 is 0 Å². The molecule has 4 heteroatoms. The van der Waals surface area contributed by atoms with Crippen molar-refractivity contribution in [3.8, 4) is 5.75 Å². The number of benzene rings is 1. The van der Waals surface area contributed by atoms with E-state index in [9.17, 15) is 5.11 Å². The molecule has 1 aromatic carbocycles. The normalized spacial score (nSPS) is 9.90. The van der Waals surface area contributed by atoms with Crippen LogP contribution < -0.4 is 0 Å². The minimum Gasteiger partial charge on any atom is -0.506 e. The molecule has 1 N–H and O–H groups in total. The molecule has 1 rings (SSSR count). The van der Waals surface area contributed by atoms with E-state index in [1.54, 1.807) is 0 Å². The average Bonchev–Trinajstić information content (AvgIpc) is 1.93. The lowest BCUT2D eigenvalue weighted by Crippen LogP contribution is -1.80. The van der Waals surface area contributed by atoms with Crippen molar-refractivity contribution in [3.05, 3.63) is 19.3 Å². The van der Waals surface area contributed by atoms with Gasteiger partial charge in [0.25, 0.3) is 0 Å². The minimum absolute atomic E-state index is 0.328. The molecule has 0 heterocycles. The third kappa shape index (κ3) is 1.70. The monoisotopic (exact) mass is 378 g/mol. The molecule has 0 aromatic heterocycles. The number of phenolic OH excluding ortho intramolecular Hbond substituents is 1. The molecule has 1 nitrogen and oxygen atoms in total. The Morgan fingerprint density at radius 2 is 1.90 bits per heavy atom. The smallest absolute Gasteiger partial charge is 0.143 e. The zero-order valence-electron chi connectivity index (χ0n) is 4.81. The fourth-order valence-corrected chi connectivity index (χ4v) is 2.15. The first-order valence-electron chi connectivity index (χ1n) is 2.49. The highest BCUT2D eigenvalue weighted by atomic mass is 127. The van der Waals surface area contributed by atoms with Gasteiger partial charge in [0.05, 0.1) is 7.14 Å². The summed E-state index contributed by atoms with van der Waals surface area (Å²) in [5, 5.41) is 9.32. The van der Waals surface area contributed by atoms with Crippen LogP contribution in [0.4, 0.5) is 0 Å². The Labute approximate surface area is 91.9 Å². The zero-order valence-corrected chi connectivity index (χ0v) is 10.0. The Morgan fingerprint density at radius 1 is 1.30 bits per heavy atom. The molecule has 0 fully saturated rings. The summed E-state index contributed by atoms with van der Waals surface area (Å²) in [7, 11) is 0. The van der Waals surface area contributed by atoms with Crippen molar-refractivity contribution in [2.24, 2.45) is 0 Å². The van der Waals surface area contributed by atoms with Crippen molar-refractivity contribution >= 4 is 57.8 Å². The standard InChI is InChI=1S/C6H4I2OS/c7-3-1-2-4(10)5(8)6(3)9/h1-2,9-10H. The minimum atomic E-state index is 0.328. The van der Waals surface area contributed by atoms with Crippen LogP contribution in [0.2, 0.25) is 0 Å². The van der Waals surface area contributed by atoms with Crippen LogP contribution in [0.5, 0.6) is 5.75 Å². The highest BCUT2D eigenvalue weighted by Crippen LogP contribution is 2.30. The highest BCUT2D eigenvalue weighted by molar-refractivity contribution is 14.1. The van der Waals surface area contributed by atoms with Crippen LogP contribution in [0.1, 0.15) is 0 Å². The number of halogens is 2. The maximum atomic E-state index is 9.32. The predicted octanol–water partition coefficient (Wildman–Crippen LogP) is 2.89. The summed E-state index contributed by atoms with van der Waals surface area (Å²) in [5.41, 5.74) is 0. The van der Waals surface area contributed by atoms with Crippen LogP contribution in [0.25, 0.3) is 0 Å². The molecule has 54 valence electrons. The van der Waals surface area contributed by atoms with Crippen molar-refractivity contribution in [1.29, 1.82) is 0 Å². The number of aromatic hydroxyl groups is 1. The van der Waals surface area contributed by atoms with Crippen LogP contribution in [0, 0.1) is 7.14 Å². The lowest BCUT2D eigenvalue weighted by molar-refractivity contribution is 0.465. The number of hydrogen-bond acceptors (Lipinski definition) is 2. The van der Waals surface area contributed by atoms with E-state index in [4.69, 9.17) is 0 Å². The molecule has 0 aliphatic rings. The highest BCUT2D eigenvalue weighted by Gasteiger charge is 2.04. The van der Waals surface area contributed by atoms with E-state index >= 15 is 0 Å². The van der Waals surface area contributed by atoms with Gasteiger partial charge in [-0.1, -0.05) is 0 Å². The largest absolute Gasteiger partial charge is 0.506 e. The molecule has 0 saturated carbocycles. The average molecular weight is 378 g/mol. The summed E-state index contributed by atoms with van der Waals surface area (Å²) in [5.74, 6) is 0.328.